The first-order valence-corrected chi connectivity index (χ1v) is 7.04. The Labute approximate surface area is 119 Å². The van der Waals surface area contributed by atoms with E-state index in [0.29, 0.717) is 0 Å². The fourth-order valence-electron chi connectivity index (χ4n) is 2.48. The van der Waals surface area contributed by atoms with Gasteiger partial charge in [0.15, 0.2) is 0 Å². The monoisotopic (exact) mass is 272 g/mol. The van der Waals surface area contributed by atoms with E-state index in [1.807, 2.05) is 31.2 Å². The van der Waals surface area contributed by atoms with Crippen LogP contribution in [-0.2, 0) is 4.74 Å². The highest BCUT2D eigenvalue weighted by Crippen LogP contribution is 2.34. The summed E-state index contributed by atoms with van der Waals surface area (Å²) in [6.07, 6.45) is 1.69. The van der Waals surface area contributed by atoms with Gasteiger partial charge in [-0.2, -0.15) is 0 Å². The molecule has 0 spiro atoms. The summed E-state index contributed by atoms with van der Waals surface area (Å²) >= 11 is 0. The van der Waals surface area contributed by atoms with E-state index in [1.165, 1.54) is 0 Å². The van der Waals surface area contributed by atoms with E-state index in [4.69, 9.17) is 9.47 Å². The molecule has 2 aliphatic rings. The van der Waals surface area contributed by atoms with E-state index < -0.39 is 0 Å². The van der Waals surface area contributed by atoms with Gasteiger partial charge in [-0.3, -0.25) is 0 Å². The number of fused-ring (bicyclic) bond motifs is 1. The Balaban J connectivity index is 1.69. The number of benzene rings is 1. The number of ether oxygens (including phenoxy) is 2. The SMILES string of the molecule is CC1=C(CCC2=C(C)Nc3ccccc3O2)OCCN1. The maximum atomic E-state index is 5.99. The summed E-state index contributed by atoms with van der Waals surface area (Å²) in [6.45, 7) is 5.74. The van der Waals surface area contributed by atoms with Crippen LogP contribution in [-0.4, -0.2) is 13.2 Å². The van der Waals surface area contributed by atoms with Crippen LogP contribution >= 0.6 is 0 Å². The number of para-hydroxylation sites is 2. The molecule has 106 valence electrons. The van der Waals surface area contributed by atoms with Crippen LogP contribution in [0.2, 0.25) is 0 Å². The average Bonchev–Trinajstić information content (AvgIpc) is 2.46. The van der Waals surface area contributed by atoms with Crippen molar-refractivity contribution in [3.05, 3.63) is 47.2 Å². The third kappa shape index (κ3) is 2.59. The lowest BCUT2D eigenvalue weighted by molar-refractivity contribution is 0.179. The molecule has 0 atom stereocenters. The van der Waals surface area contributed by atoms with Crippen LogP contribution < -0.4 is 15.4 Å². The second-order valence-electron chi connectivity index (χ2n) is 5.09. The zero-order chi connectivity index (χ0) is 13.9. The lowest BCUT2D eigenvalue weighted by Crippen LogP contribution is -2.25. The Morgan fingerprint density at radius 1 is 1.05 bits per heavy atom. The molecule has 0 aliphatic carbocycles. The fraction of sp³-hybridized carbons (Fsp3) is 0.375. The second kappa shape index (κ2) is 5.49. The van der Waals surface area contributed by atoms with Gasteiger partial charge < -0.3 is 20.1 Å². The molecule has 0 fully saturated rings. The summed E-state index contributed by atoms with van der Waals surface area (Å²) in [4.78, 5) is 0. The molecule has 0 bridgehead atoms. The van der Waals surface area contributed by atoms with Crippen LogP contribution in [0, 0.1) is 0 Å². The van der Waals surface area contributed by atoms with E-state index in [2.05, 4.69) is 17.6 Å². The molecule has 1 aromatic rings. The van der Waals surface area contributed by atoms with Crippen LogP contribution in [0.1, 0.15) is 26.7 Å². The first-order chi connectivity index (χ1) is 9.74. The predicted octanol–water partition coefficient (Wildman–Crippen LogP) is 3.35. The lowest BCUT2D eigenvalue weighted by Gasteiger charge is -2.25. The normalized spacial score (nSPS) is 17.7. The number of anilines is 1. The molecule has 0 radical (unpaired) electrons. The third-order valence-corrected chi connectivity index (χ3v) is 3.63. The molecule has 3 rings (SSSR count). The summed E-state index contributed by atoms with van der Waals surface area (Å²) in [6, 6.07) is 8.00. The average molecular weight is 272 g/mol. The van der Waals surface area contributed by atoms with Gasteiger partial charge in [-0.1, -0.05) is 12.1 Å². The molecule has 2 aliphatic heterocycles. The largest absolute Gasteiger partial charge is 0.494 e. The molecule has 2 heterocycles. The summed E-state index contributed by atoms with van der Waals surface area (Å²) < 4.78 is 11.7. The van der Waals surface area contributed by atoms with Gasteiger partial charge in [0.25, 0.3) is 0 Å². The maximum absolute atomic E-state index is 5.99. The van der Waals surface area contributed by atoms with E-state index in [9.17, 15) is 0 Å². The van der Waals surface area contributed by atoms with Gasteiger partial charge in [-0.25, -0.2) is 0 Å². The van der Waals surface area contributed by atoms with E-state index in [-0.39, 0.29) is 0 Å². The molecule has 20 heavy (non-hydrogen) atoms. The van der Waals surface area contributed by atoms with Crippen LogP contribution in [0.5, 0.6) is 5.75 Å². The van der Waals surface area contributed by atoms with E-state index >= 15 is 0 Å². The van der Waals surface area contributed by atoms with Crippen LogP contribution in [0.3, 0.4) is 0 Å². The van der Waals surface area contributed by atoms with Gasteiger partial charge in [-0.15, -0.1) is 0 Å². The fourth-order valence-corrected chi connectivity index (χ4v) is 2.48. The van der Waals surface area contributed by atoms with E-state index in [1.54, 1.807) is 0 Å². The van der Waals surface area contributed by atoms with Crippen LogP contribution in [0.4, 0.5) is 5.69 Å². The van der Waals surface area contributed by atoms with Crippen molar-refractivity contribution in [3.8, 4) is 5.75 Å². The van der Waals surface area contributed by atoms with Gasteiger partial charge >= 0.3 is 0 Å². The van der Waals surface area contributed by atoms with Gasteiger partial charge in [0.1, 0.15) is 23.9 Å². The summed E-state index contributed by atoms with van der Waals surface area (Å²) in [5.41, 5.74) is 3.24. The molecule has 0 aromatic heterocycles. The van der Waals surface area contributed by atoms with Crippen molar-refractivity contribution in [2.24, 2.45) is 0 Å². The summed E-state index contributed by atoms with van der Waals surface area (Å²) in [5.74, 6) is 2.92. The summed E-state index contributed by atoms with van der Waals surface area (Å²) in [7, 11) is 0. The molecule has 4 heteroatoms. The predicted molar refractivity (Wildman–Crippen MR) is 79.3 cm³/mol. The lowest BCUT2D eigenvalue weighted by atomic mass is 10.1. The maximum Gasteiger partial charge on any atom is 0.150 e. The molecule has 1 aromatic carbocycles. The molecule has 0 saturated heterocycles. The van der Waals surface area contributed by atoms with Crippen molar-refractivity contribution < 1.29 is 9.47 Å². The Bertz CT molecular complexity index is 576. The molecular weight excluding hydrogens is 252 g/mol. The highest BCUT2D eigenvalue weighted by Gasteiger charge is 2.18. The number of allylic oxidation sites excluding steroid dienone is 4. The van der Waals surface area contributed by atoms with Gasteiger partial charge in [0.2, 0.25) is 0 Å². The quantitative estimate of drug-likeness (QED) is 0.885. The zero-order valence-electron chi connectivity index (χ0n) is 12.0. The molecule has 0 unspecified atom stereocenters. The molecule has 4 nitrogen and oxygen atoms in total. The number of nitrogens with one attached hydrogen (secondary N) is 2. The van der Waals surface area contributed by atoms with Gasteiger partial charge in [-0.05, 0) is 26.0 Å². The number of hydrogen-bond acceptors (Lipinski definition) is 4. The Kier molecular flexibility index (Phi) is 3.54. The highest BCUT2D eigenvalue weighted by atomic mass is 16.5. The first kappa shape index (κ1) is 12.9. The van der Waals surface area contributed by atoms with E-state index in [0.717, 1.165) is 60.3 Å². The van der Waals surface area contributed by atoms with Crippen molar-refractivity contribution in [1.29, 1.82) is 0 Å². The third-order valence-electron chi connectivity index (χ3n) is 3.63. The van der Waals surface area contributed by atoms with Crippen molar-refractivity contribution >= 4 is 5.69 Å². The smallest absolute Gasteiger partial charge is 0.150 e. The van der Waals surface area contributed by atoms with Crippen molar-refractivity contribution in [3.63, 3.8) is 0 Å². The summed E-state index contributed by atoms with van der Waals surface area (Å²) in [5, 5.41) is 6.72. The molecule has 0 saturated carbocycles. The number of rotatable bonds is 3. The van der Waals surface area contributed by atoms with Gasteiger partial charge in [0, 0.05) is 25.1 Å². The minimum absolute atomic E-state index is 0.743. The van der Waals surface area contributed by atoms with Crippen molar-refractivity contribution in [1.82, 2.24) is 5.32 Å². The highest BCUT2D eigenvalue weighted by molar-refractivity contribution is 5.62. The number of hydrogen-bond donors (Lipinski definition) is 2. The van der Waals surface area contributed by atoms with Crippen molar-refractivity contribution in [2.45, 2.75) is 26.7 Å². The van der Waals surface area contributed by atoms with Gasteiger partial charge in [0.05, 0.1) is 11.4 Å². The first-order valence-electron chi connectivity index (χ1n) is 7.04. The second-order valence-corrected chi connectivity index (χ2v) is 5.09. The minimum Gasteiger partial charge on any atom is -0.494 e. The van der Waals surface area contributed by atoms with Crippen LogP contribution in [0.25, 0.3) is 0 Å². The minimum atomic E-state index is 0.743. The Hall–Kier alpha value is -2.10. The topological polar surface area (TPSA) is 42.5 Å². The Morgan fingerprint density at radius 3 is 2.70 bits per heavy atom. The van der Waals surface area contributed by atoms with Crippen LogP contribution in [0.15, 0.2) is 47.2 Å². The zero-order valence-corrected chi connectivity index (χ0v) is 12.0. The molecule has 2 N–H and O–H groups in total. The van der Waals surface area contributed by atoms with Crippen molar-refractivity contribution in [2.75, 3.05) is 18.5 Å². The molecule has 0 amide bonds. The standard InChI is InChI=1S/C16H20N2O2/c1-11-14(19-10-9-17-11)7-8-15-12(2)18-13-5-3-4-6-16(13)20-15/h3-6,17-18H,7-10H2,1-2H3. The Morgan fingerprint density at radius 2 is 1.85 bits per heavy atom. The molecular formula is C16H20N2O2.